The van der Waals surface area contributed by atoms with Crippen LogP contribution in [0.25, 0.3) is 0 Å². The van der Waals surface area contributed by atoms with Crippen molar-refractivity contribution in [3.05, 3.63) is 59.2 Å². The van der Waals surface area contributed by atoms with E-state index >= 15 is 0 Å². The van der Waals surface area contributed by atoms with Gasteiger partial charge in [0.2, 0.25) is 10.0 Å². The van der Waals surface area contributed by atoms with Crippen molar-refractivity contribution in [3.8, 4) is 0 Å². The van der Waals surface area contributed by atoms with Crippen LogP contribution in [-0.4, -0.2) is 68.8 Å². The van der Waals surface area contributed by atoms with Crippen molar-refractivity contribution in [1.82, 2.24) is 9.21 Å². The molecule has 2 heterocycles. The zero-order valence-corrected chi connectivity index (χ0v) is 20.3. The number of rotatable bonds is 5. The van der Waals surface area contributed by atoms with Gasteiger partial charge in [0.05, 0.1) is 29.4 Å². The van der Waals surface area contributed by atoms with Crippen molar-refractivity contribution < 1.29 is 22.7 Å². The van der Waals surface area contributed by atoms with Gasteiger partial charge in [0.1, 0.15) is 0 Å². The van der Waals surface area contributed by atoms with Crippen LogP contribution in [0.1, 0.15) is 52.0 Å². The van der Waals surface area contributed by atoms with E-state index in [4.69, 9.17) is 4.74 Å². The molecule has 0 spiro atoms. The van der Waals surface area contributed by atoms with E-state index in [1.807, 2.05) is 0 Å². The Balaban J connectivity index is 1.58. The van der Waals surface area contributed by atoms with Crippen LogP contribution in [0.15, 0.2) is 47.4 Å². The topological polar surface area (TPSA) is 96.0 Å². The van der Waals surface area contributed by atoms with Crippen molar-refractivity contribution in [2.45, 2.75) is 37.5 Å². The number of ether oxygens (including phenoxy) is 1. The molecule has 8 nitrogen and oxygen atoms in total. The van der Waals surface area contributed by atoms with Crippen LogP contribution in [0.4, 0.5) is 5.69 Å². The lowest BCUT2D eigenvalue weighted by atomic mass is 10.1. The summed E-state index contributed by atoms with van der Waals surface area (Å²) < 4.78 is 33.3. The van der Waals surface area contributed by atoms with Gasteiger partial charge in [-0.25, -0.2) is 8.42 Å². The third kappa shape index (κ3) is 5.32. The Kier molecular flexibility index (Phi) is 7.65. The van der Waals surface area contributed by atoms with Gasteiger partial charge in [0.15, 0.2) is 0 Å². The Morgan fingerprint density at radius 3 is 2.26 bits per heavy atom. The Hall–Kier alpha value is -2.75. The van der Waals surface area contributed by atoms with Crippen LogP contribution in [0.2, 0.25) is 0 Å². The third-order valence-electron chi connectivity index (χ3n) is 6.36. The van der Waals surface area contributed by atoms with Gasteiger partial charge >= 0.3 is 0 Å². The second-order valence-corrected chi connectivity index (χ2v) is 10.6. The van der Waals surface area contributed by atoms with Crippen molar-refractivity contribution in [3.63, 3.8) is 0 Å². The van der Waals surface area contributed by atoms with Crippen LogP contribution in [-0.2, 0) is 14.8 Å². The Morgan fingerprint density at radius 1 is 0.882 bits per heavy atom. The fourth-order valence-corrected chi connectivity index (χ4v) is 5.89. The fourth-order valence-electron chi connectivity index (χ4n) is 4.34. The molecule has 2 saturated heterocycles. The highest BCUT2D eigenvalue weighted by Crippen LogP contribution is 2.24. The summed E-state index contributed by atoms with van der Waals surface area (Å²) in [6, 6.07) is 11.5. The number of hydrogen-bond donors (Lipinski definition) is 1. The third-order valence-corrected chi connectivity index (χ3v) is 8.26. The first-order valence-electron chi connectivity index (χ1n) is 11.8. The predicted molar refractivity (Wildman–Crippen MR) is 130 cm³/mol. The molecule has 2 aromatic carbocycles. The number of nitrogens with zero attached hydrogens (tertiary/aromatic N) is 2. The van der Waals surface area contributed by atoms with Gasteiger partial charge in [0, 0.05) is 31.7 Å². The van der Waals surface area contributed by atoms with Crippen LogP contribution in [0.5, 0.6) is 0 Å². The molecule has 0 radical (unpaired) electrons. The van der Waals surface area contributed by atoms with Crippen LogP contribution in [0, 0.1) is 6.92 Å². The molecule has 182 valence electrons. The number of benzene rings is 2. The summed E-state index contributed by atoms with van der Waals surface area (Å²) in [5.74, 6) is -0.624. The number of morpholine rings is 1. The molecule has 0 saturated carbocycles. The monoisotopic (exact) mass is 485 g/mol. The smallest absolute Gasteiger partial charge is 0.256 e. The minimum atomic E-state index is -3.69. The van der Waals surface area contributed by atoms with Crippen LogP contribution in [0.3, 0.4) is 0 Å². The lowest BCUT2D eigenvalue weighted by molar-refractivity contribution is 0.0303. The van der Waals surface area contributed by atoms with E-state index in [9.17, 15) is 18.0 Å². The van der Waals surface area contributed by atoms with E-state index in [1.54, 1.807) is 48.2 Å². The van der Waals surface area contributed by atoms with Gasteiger partial charge in [-0.2, -0.15) is 4.31 Å². The molecular weight excluding hydrogens is 454 g/mol. The van der Waals surface area contributed by atoms with E-state index in [0.717, 1.165) is 25.7 Å². The molecule has 0 unspecified atom stereocenters. The van der Waals surface area contributed by atoms with Crippen LogP contribution >= 0.6 is 0 Å². The molecule has 0 aromatic heterocycles. The number of aryl methyl sites for hydroxylation is 1. The van der Waals surface area contributed by atoms with Gasteiger partial charge in [-0.1, -0.05) is 31.0 Å². The fraction of sp³-hybridized carbons (Fsp3) is 0.440. The maximum atomic E-state index is 13.2. The number of nitrogens with one attached hydrogen (secondary N) is 1. The van der Waals surface area contributed by atoms with Gasteiger partial charge < -0.3 is 15.0 Å². The highest BCUT2D eigenvalue weighted by Gasteiger charge is 2.27. The maximum absolute atomic E-state index is 13.2. The predicted octanol–water partition coefficient (Wildman–Crippen LogP) is 3.28. The molecular formula is C25H31N3O5S. The van der Waals surface area contributed by atoms with E-state index in [0.29, 0.717) is 56.2 Å². The number of carbonyl (C=O) groups is 2. The van der Waals surface area contributed by atoms with Crippen LogP contribution < -0.4 is 5.32 Å². The molecule has 1 N–H and O–H groups in total. The second-order valence-electron chi connectivity index (χ2n) is 8.70. The summed E-state index contributed by atoms with van der Waals surface area (Å²) in [5, 5.41) is 2.83. The number of sulfonamides is 1. The van der Waals surface area contributed by atoms with Crippen molar-refractivity contribution in [1.29, 1.82) is 0 Å². The minimum Gasteiger partial charge on any atom is -0.378 e. The molecule has 0 aliphatic carbocycles. The van der Waals surface area contributed by atoms with Gasteiger partial charge in [-0.15, -0.1) is 0 Å². The highest BCUT2D eigenvalue weighted by atomic mass is 32.2. The van der Waals surface area contributed by atoms with Gasteiger partial charge in [0.25, 0.3) is 11.8 Å². The van der Waals surface area contributed by atoms with Crippen molar-refractivity contribution in [2.24, 2.45) is 0 Å². The molecule has 2 aliphatic rings. The van der Waals surface area contributed by atoms with E-state index in [-0.39, 0.29) is 16.4 Å². The second kappa shape index (κ2) is 10.7. The van der Waals surface area contributed by atoms with E-state index < -0.39 is 15.9 Å². The summed E-state index contributed by atoms with van der Waals surface area (Å²) in [6.45, 7) is 4.72. The van der Waals surface area contributed by atoms with E-state index in [2.05, 4.69) is 5.32 Å². The lowest BCUT2D eigenvalue weighted by Crippen LogP contribution is -2.41. The summed E-state index contributed by atoms with van der Waals surface area (Å²) in [6.07, 6.45) is 3.73. The zero-order valence-electron chi connectivity index (χ0n) is 19.5. The quantitative estimate of drug-likeness (QED) is 0.701. The number of hydrogen-bond acceptors (Lipinski definition) is 5. The maximum Gasteiger partial charge on any atom is 0.256 e. The summed E-state index contributed by atoms with van der Waals surface area (Å²) in [5.41, 5.74) is 1.71. The average Bonchev–Trinajstić information content (AvgIpc) is 3.15. The van der Waals surface area contributed by atoms with Crippen molar-refractivity contribution >= 4 is 27.5 Å². The average molecular weight is 486 g/mol. The number of amides is 2. The Morgan fingerprint density at radius 2 is 1.56 bits per heavy atom. The summed E-state index contributed by atoms with van der Waals surface area (Å²) >= 11 is 0. The Labute approximate surface area is 200 Å². The molecule has 9 heteroatoms. The molecule has 2 aliphatic heterocycles. The summed E-state index contributed by atoms with van der Waals surface area (Å²) in [4.78, 5) is 28.1. The zero-order chi connectivity index (χ0) is 24.1. The first kappa shape index (κ1) is 24.4. The molecule has 0 bridgehead atoms. The molecule has 0 atom stereocenters. The SMILES string of the molecule is Cc1ccc(S(=O)(=O)N2CCCCCC2)cc1C(=O)Nc1ccccc1C(=O)N1CCOCC1. The number of carbonyl (C=O) groups excluding carboxylic acids is 2. The number of anilines is 1. The number of para-hydroxylation sites is 1. The molecule has 2 fully saturated rings. The first-order valence-corrected chi connectivity index (χ1v) is 13.2. The molecule has 34 heavy (non-hydrogen) atoms. The van der Waals surface area contributed by atoms with Gasteiger partial charge in [-0.05, 0) is 49.6 Å². The standard InChI is InChI=1S/C25H31N3O5S/c1-19-10-11-20(34(31,32)28-12-6-2-3-7-13-28)18-22(19)24(29)26-23-9-5-4-8-21(23)25(30)27-14-16-33-17-15-27/h4-5,8-11,18H,2-3,6-7,12-17H2,1H3,(H,26,29). The Bertz CT molecular complexity index is 1150. The first-order chi connectivity index (χ1) is 16.4. The molecule has 4 rings (SSSR count). The molecule has 2 amide bonds. The largest absolute Gasteiger partial charge is 0.378 e. The summed E-state index contributed by atoms with van der Waals surface area (Å²) in [7, 11) is -3.69. The van der Waals surface area contributed by atoms with Crippen molar-refractivity contribution in [2.75, 3.05) is 44.7 Å². The normalized spacial score (nSPS) is 17.7. The minimum absolute atomic E-state index is 0.114. The van der Waals surface area contributed by atoms with E-state index in [1.165, 1.54) is 10.4 Å². The molecule has 2 aromatic rings. The lowest BCUT2D eigenvalue weighted by Gasteiger charge is -2.27. The highest BCUT2D eigenvalue weighted by molar-refractivity contribution is 7.89. The van der Waals surface area contributed by atoms with Gasteiger partial charge in [-0.3, -0.25) is 9.59 Å².